The van der Waals surface area contributed by atoms with Gasteiger partial charge in [-0.3, -0.25) is 4.79 Å². The van der Waals surface area contributed by atoms with Crippen molar-refractivity contribution in [1.82, 2.24) is 10.2 Å². The number of hydrogen-bond donors (Lipinski definition) is 1. The predicted octanol–water partition coefficient (Wildman–Crippen LogP) is 0.607. The Bertz CT molecular complexity index is 157. The summed E-state index contributed by atoms with van der Waals surface area (Å²) in [5, 5.41) is 3.21. The van der Waals surface area contributed by atoms with Crippen LogP contribution in [0.3, 0.4) is 0 Å². The van der Waals surface area contributed by atoms with E-state index in [-0.39, 0.29) is 11.9 Å². The van der Waals surface area contributed by atoms with Crippen molar-refractivity contribution in [2.24, 2.45) is 0 Å². The van der Waals surface area contributed by atoms with Crippen LogP contribution in [0.25, 0.3) is 0 Å². The van der Waals surface area contributed by atoms with Crippen molar-refractivity contribution in [3.05, 3.63) is 0 Å². The van der Waals surface area contributed by atoms with Gasteiger partial charge in [-0.25, -0.2) is 0 Å². The molecule has 1 atom stereocenters. The van der Waals surface area contributed by atoms with Gasteiger partial charge in [0.2, 0.25) is 5.91 Å². The first-order valence-electron chi connectivity index (χ1n) is 4.81. The van der Waals surface area contributed by atoms with E-state index in [2.05, 4.69) is 5.32 Å². The van der Waals surface area contributed by atoms with Crippen LogP contribution in [0.2, 0.25) is 0 Å². The first-order chi connectivity index (χ1) is 5.79. The highest BCUT2D eigenvalue weighted by molar-refractivity contribution is 5.82. The van der Waals surface area contributed by atoms with Crippen molar-refractivity contribution >= 4 is 5.91 Å². The molecular weight excluding hydrogens is 152 g/mol. The third-order valence-electron chi connectivity index (χ3n) is 2.36. The quantitative estimate of drug-likeness (QED) is 0.673. The van der Waals surface area contributed by atoms with E-state index >= 15 is 0 Å². The number of likely N-dealkylation sites (tertiary alicyclic amines) is 1. The zero-order valence-corrected chi connectivity index (χ0v) is 7.97. The number of rotatable bonds is 3. The van der Waals surface area contributed by atoms with E-state index in [1.54, 1.807) is 0 Å². The molecule has 0 aromatic heterocycles. The summed E-state index contributed by atoms with van der Waals surface area (Å²) in [4.78, 5) is 13.5. The lowest BCUT2D eigenvalue weighted by molar-refractivity contribution is -0.135. The van der Waals surface area contributed by atoms with Crippen LogP contribution in [0.5, 0.6) is 0 Å². The van der Waals surface area contributed by atoms with Crippen LogP contribution in [-0.2, 0) is 4.79 Å². The molecule has 0 aliphatic carbocycles. The average Bonchev–Trinajstić information content (AvgIpc) is 2.09. The Labute approximate surface area is 74.1 Å². The maximum absolute atomic E-state index is 11.6. The van der Waals surface area contributed by atoms with Crippen LogP contribution < -0.4 is 5.32 Å². The van der Waals surface area contributed by atoms with Crippen molar-refractivity contribution in [3.63, 3.8) is 0 Å². The highest BCUT2D eigenvalue weighted by atomic mass is 16.2. The Morgan fingerprint density at radius 3 is 2.92 bits per heavy atom. The molecule has 0 saturated carbocycles. The summed E-state index contributed by atoms with van der Waals surface area (Å²) in [5.41, 5.74) is 0. The van der Waals surface area contributed by atoms with Gasteiger partial charge in [-0.15, -0.1) is 0 Å². The number of likely N-dealkylation sites (N-methyl/N-ethyl adjacent to an activating group) is 2. The standard InChI is InChI=1S/C9H18N2O/c1-3-10-8-6-5-7-11(4-2)9(8)12/h8,10H,3-7H2,1-2H3. The van der Waals surface area contributed by atoms with Gasteiger partial charge >= 0.3 is 0 Å². The van der Waals surface area contributed by atoms with Crippen LogP contribution >= 0.6 is 0 Å². The van der Waals surface area contributed by atoms with Crippen LogP contribution in [0, 0.1) is 0 Å². The summed E-state index contributed by atoms with van der Waals surface area (Å²) in [5.74, 6) is 0.283. The molecule has 1 aliphatic heterocycles. The fraction of sp³-hybridized carbons (Fsp3) is 0.889. The van der Waals surface area contributed by atoms with Crippen LogP contribution in [0.15, 0.2) is 0 Å². The summed E-state index contributed by atoms with van der Waals surface area (Å²) in [7, 11) is 0. The van der Waals surface area contributed by atoms with Gasteiger partial charge in [0.25, 0.3) is 0 Å². The highest BCUT2D eigenvalue weighted by Crippen LogP contribution is 2.10. The predicted molar refractivity (Wildman–Crippen MR) is 49.0 cm³/mol. The maximum Gasteiger partial charge on any atom is 0.239 e. The van der Waals surface area contributed by atoms with Crippen LogP contribution in [0.1, 0.15) is 26.7 Å². The Morgan fingerprint density at radius 2 is 2.33 bits per heavy atom. The second-order valence-corrected chi connectivity index (χ2v) is 3.17. The lowest BCUT2D eigenvalue weighted by Crippen LogP contribution is -2.50. The van der Waals surface area contributed by atoms with Crippen LogP contribution in [0.4, 0.5) is 0 Å². The molecule has 0 radical (unpaired) electrons. The first kappa shape index (κ1) is 9.52. The minimum Gasteiger partial charge on any atom is -0.342 e. The average molecular weight is 170 g/mol. The number of carbonyl (C=O) groups excluding carboxylic acids is 1. The van der Waals surface area contributed by atoms with Crippen molar-refractivity contribution in [3.8, 4) is 0 Å². The molecule has 1 heterocycles. The molecule has 70 valence electrons. The fourth-order valence-corrected chi connectivity index (χ4v) is 1.69. The van der Waals surface area contributed by atoms with Crippen molar-refractivity contribution in [2.45, 2.75) is 32.7 Å². The topological polar surface area (TPSA) is 32.3 Å². The lowest BCUT2D eigenvalue weighted by atomic mass is 10.1. The lowest BCUT2D eigenvalue weighted by Gasteiger charge is -2.31. The van der Waals surface area contributed by atoms with Crippen molar-refractivity contribution < 1.29 is 4.79 Å². The first-order valence-corrected chi connectivity index (χ1v) is 4.81. The molecule has 1 unspecified atom stereocenters. The van der Waals surface area contributed by atoms with Crippen molar-refractivity contribution in [2.75, 3.05) is 19.6 Å². The SMILES string of the molecule is CCNC1CCCN(CC)C1=O. The largest absolute Gasteiger partial charge is 0.342 e. The zero-order valence-electron chi connectivity index (χ0n) is 7.97. The van der Waals surface area contributed by atoms with Gasteiger partial charge in [0.1, 0.15) is 0 Å². The van der Waals surface area contributed by atoms with Gasteiger partial charge in [0.05, 0.1) is 6.04 Å². The van der Waals surface area contributed by atoms with E-state index in [1.807, 2.05) is 18.7 Å². The smallest absolute Gasteiger partial charge is 0.239 e. The minimum absolute atomic E-state index is 0.0868. The monoisotopic (exact) mass is 170 g/mol. The summed E-state index contributed by atoms with van der Waals surface area (Å²) >= 11 is 0. The minimum atomic E-state index is 0.0868. The number of nitrogens with zero attached hydrogens (tertiary/aromatic N) is 1. The van der Waals surface area contributed by atoms with Gasteiger partial charge in [0, 0.05) is 13.1 Å². The molecule has 3 heteroatoms. The van der Waals surface area contributed by atoms with Gasteiger partial charge < -0.3 is 10.2 Å². The Hall–Kier alpha value is -0.570. The second-order valence-electron chi connectivity index (χ2n) is 3.17. The van der Waals surface area contributed by atoms with E-state index in [4.69, 9.17) is 0 Å². The third kappa shape index (κ3) is 1.97. The van der Waals surface area contributed by atoms with E-state index < -0.39 is 0 Å². The summed E-state index contributed by atoms with van der Waals surface area (Å²) in [6.07, 6.45) is 2.14. The maximum atomic E-state index is 11.6. The van der Waals surface area contributed by atoms with E-state index in [9.17, 15) is 4.79 Å². The van der Waals surface area contributed by atoms with E-state index in [1.165, 1.54) is 0 Å². The fourth-order valence-electron chi connectivity index (χ4n) is 1.69. The van der Waals surface area contributed by atoms with Crippen molar-refractivity contribution in [1.29, 1.82) is 0 Å². The molecule has 0 bridgehead atoms. The number of piperidine rings is 1. The molecule has 12 heavy (non-hydrogen) atoms. The normalized spacial score (nSPS) is 24.7. The molecule has 1 fully saturated rings. The third-order valence-corrected chi connectivity index (χ3v) is 2.36. The van der Waals surface area contributed by atoms with Gasteiger partial charge in [0.15, 0.2) is 0 Å². The van der Waals surface area contributed by atoms with Crippen LogP contribution in [-0.4, -0.2) is 36.5 Å². The molecule has 1 amide bonds. The Kier molecular flexibility index (Phi) is 3.53. The number of hydrogen-bond acceptors (Lipinski definition) is 2. The molecule has 0 aromatic rings. The molecule has 1 rings (SSSR count). The molecule has 0 spiro atoms. The molecule has 1 N–H and O–H groups in total. The number of carbonyl (C=O) groups is 1. The second kappa shape index (κ2) is 4.45. The summed E-state index contributed by atoms with van der Waals surface area (Å²) in [6, 6.07) is 0.0868. The van der Waals surface area contributed by atoms with E-state index in [0.717, 1.165) is 32.5 Å². The Balaban J connectivity index is 2.47. The molecule has 0 aromatic carbocycles. The Morgan fingerprint density at radius 1 is 1.58 bits per heavy atom. The highest BCUT2D eigenvalue weighted by Gasteiger charge is 2.26. The van der Waals surface area contributed by atoms with Gasteiger partial charge in [-0.05, 0) is 26.3 Å². The van der Waals surface area contributed by atoms with Gasteiger partial charge in [-0.2, -0.15) is 0 Å². The number of amides is 1. The zero-order chi connectivity index (χ0) is 8.97. The molecular formula is C9H18N2O. The molecule has 3 nitrogen and oxygen atoms in total. The van der Waals surface area contributed by atoms with E-state index in [0.29, 0.717) is 0 Å². The molecule has 1 saturated heterocycles. The molecule has 1 aliphatic rings. The summed E-state index contributed by atoms with van der Waals surface area (Å²) in [6.45, 7) is 6.75. The summed E-state index contributed by atoms with van der Waals surface area (Å²) < 4.78 is 0. The number of nitrogens with one attached hydrogen (secondary N) is 1. The van der Waals surface area contributed by atoms with Gasteiger partial charge in [-0.1, -0.05) is 6.92 Å².